The molecule has 0 saturated heterocycles. The van der Waals surface area contributed by atoms with Gasteiger partial charge in [0.25, 0.3) is 0 Å². The maximum absolute atomic E-state index is 12.8. The van der Waals surface area contributed by atoms with Crippen LogP contribution in [0.25, 0.3) is 11.1 Å². The topological polar surface area (TPSA) is 121 Å². The van der Waals surface area contributed by atoms with Gasteiger partial charge in [0.2, 0.25) is 0 Å². The number of nitrogens with one attached hydrogen (secondary N) is 2. The van der Waals surface area contributed by atoms with Gasteiger partial charge in [-0.25, -0.2) is 14.4 Å². The molecule has 2 amide bonds. The van der Waals surface area contributed by atoms with Crippen molar-refractivity contribution in [2.45, 2.75) is 90.4 Å². The van der Waals surface area contributed by atoms with Crippen LogP contribution in [0.15, 0.2) is 133 Å². The molecule has 0 heterocycles. The van der Waals surface area contributed by atoms with Gasteiger partial charge in [-0.05, 0) is 103 Å². The Morgan fingerprint density at radius 2 is 0.887 bits per heavy atom. The molecule has 10 heteroatoms. The third kappa shape index (κ3) is 18.1. The third-order valence-electron chi connectivity index (χ3n) is 10.3. The number of carbonyl (C=O) groups excluding carboxylic acids is 3. The molecule has 0 fully saturated rings. The molecule has 5 aromatic carbocycles. The first-order valence-electron chi connectivity index (χ1n) is 22.2. The fraction of sp³-hybridized carbons (Fsp3) is 0.365. The van der Waals surface area contributed by atoms with E-state index in [1.807, 2.05) is 84.9 Å². The smallest absolute Gasteiger partial charge is 0.411 e. The molecule has 0 aliphatic carbocycles. The maximum Gasteiger partial charge on any atom is 0.411 e. The largest absolute Gasteiger partial charge is 0.494 e. The summed E-state index contributed by atoms with van der Waals surface area (Å²) in [7, 11) is 0. The second kappa shape index (κ2) is 27.5. The average molecular weight is 843 g/mol. The summed E-state index contributed by atoms with van der Waals surface area (Å²) in [5, 5.41) is 5.44. The van der Waals surface area contributed by atoms with Crippen LogP contribution >= 0.6 is 0 Å². The van der Waals surface area contributed by atoms with Crippen molar-refractivity contribution in [1.82, 2.24) is 0 Å². The van der Waals surface area contributed by atoms with Crippen LogP contribution < -0.4 is 24.8 Å². The van der Waals surface area contributed by atoms with Crippen molar-refractivity contribution in [3.05, 3.63) is 139 Å². The van der Waals surface area contributed by atoms with Crippen molar-refractivity contribution in [1.29, 1.82) is 0 Å². The lowest BCUT2D eigenvalue weighted by atomic mass is 10.0. The van der Waals surface area contributed by atoms with E-state index in [1.54, 1.807) is 48.5 Å². The number of ether oxygens (including phenoxy) is 5. The van der Waals surface area contributed by atoms with E-state index < -0.39 is 18.2 Å². The highest BCUT2D eigenvalue weighted by molar-refractivity contribution is 5.91. The molecule has 0 radical (unpaired) electrons. The van der Waals surface area contributed by atoms with Crippen molar-refractivity contribution in [2.75, 3.05) is 37.1 Å². The van der Waals surface area contributed by atoms with Crippen LogP contribution in [0.5, 0.6) is 17.2 Å². The summed E-state index contributed by atoms with van der Waals surface area (Å²) < 4.78 is 28.5. The molecule has 2 N–H and O–H groups in total. The number of benzene rings is 5. The van der Waals surface area contributed by atoms with Crippen LogP contribution in [0.1, 0.15) is 101 Å². The number of hydrogen-bond acceptors (Lipinski definition) is 8. The highest BCUT2D eigenvalue weighted by Gasteiger charge is 2.16. The number of amides is 2. The predicted octanol–water partition coefficient (Wildman–Crippen LogP) is 13.5. The first kappa shape index (κ1) is 46.8. The van der Waals surface area contributed by atoms with E-state index in [4.69, 9.17) is 23.7 Å². The molecule has 0 aliphatic heterocycles. The second-order valence-corrected chi connectivity index (χ2v) is 15.4. The molecule has 0 bridgehead atoms. The molecule has 5 rings (SSSR count). The molecule has 328 valence electrons. The van der Waals surface area contributed by atoms with Gasteiger partial charge in [0.1, 0.15) is 17.2 Å². The summed E-state index contributed by atoms with van der Waals surface area (Å²) in [5.41, 5.74) is 3.78. The molecule has 0 spiro atoms. The Morgan fingerprint density at radius 3 is 1.37 bits per heavy atom. The van der Waals surface area contributed by atoms with Crippen molar-refractivity contribution >= 4 is 29.5 Å². The Kier molecular flexibility index (Phi) is 20.8. The number of para-hydroxylation sites is 2. The van der Waals surface area contributed by atoms with Gasteiger partial charge in [-0.3, -0.25) is 10.6 Å². The third-order valence-corrected chi connectivity index (χ3v) is 10.3. The fourth-order valence-corrected chi connectivity index (χ4v) is 6.77. The highest BCUT2D eigenvalue weighted by atomic mass is 16.6. The van der Waals surface area contributed by atoms with Crippen LogP contribution in [0.4, 0.5) is 21.0 Å². The number of carbonyl (C=O) groups is 3. The van der Waals surface area contributed by atoms with Crippen LogP contribution in [0.2, 0.25) is 0 Å². The average Bonchev–Trinajstić information content (AvgIpc) is 3.30. The summed E-state index contributed by atoms with van der Waals surface area (Å²) in [4.78, 5) is 37.6. The van der Waals surface area contributed by atoms with Crippen LogP contribution in [0, 0.1) is 5.92 Å². The molecule has 0 aliphatic rings. The van der Waals surface area contributed by atoms with Crippen molar-refractivity contribution in [3.8, 4) is 28.4 Å². The minimum atomic E-state index is -0.552. The van der Waals surface area contributed by atoms with E-state index in [0.717, 1.165) is 61.2 Å². The summed E-state index contributed by atoms with van der Waals surface area (Å²) in [6.07, 6.45) is 13.4. The summed E-state index contributed by atoms with van der Waals surface area (Å²) in [6, 6.07) is 40.7. The number of hydrogen-bond donors (Lipinski definition) is 2. The standard InChI is InChI=1S/C52H62N2O8/c1-2-3-4-5-6-7-9-18-37-59-48-33-29-44(30-34-48)50(55)62-49-35-27-43(28-36-49)42-25-31-47(32-26-42)58-38-19-10-8-13-20-41(39-60-51(56)53-45-21-14-11-15-22-45)40-61-52(57)54-46-23-16-12-17-24-46/h11-12,14-17,21-36,41H,2-10,13,18-20,37-40H2,1H3,(H,53,56)(H,54,57). The van der Waals surface area contributed by atoms with E-state index in [1.165, 1.54) is 44.9 Å². The van der Waals surface area contributed by atoms with Gasteiger partial charge in [0.15, 0.2) is 0 Å². The van der Waals surface area contributed by atoms with Crippen LogP contribution in [-0.4, -0.2) is 44.6 Å². The van der Waals surface area contributed by atoms with E-state index in [9.17, 15) is 14.4 Å². The zero-order valence-corrected chi connectivity index (χ0v) is 36.1. The quantitative estimate of drug-likeness (QED) is 0.0304. The Hall–Kier alpha value is -6.29. The zero-order chi connectivity index (χ0) is 43.5. The van der Waals surface area contributed by atoms with Gasteiger partial charge < -0.3 is 23.7 Å². The number of unbranched alkanes of at least 4 members (excludes halogenated alkanes) is 10. The van der Waals surface area contributed by atoms with Crippen molar-refractivity contribution < 1.29 is 38.1 Å². The van der Waals surface area contributed by atoms with E-state index >= 15 is 0 Å². The Bertz CT molecular complexity index is 1950. The fourth-order valence-electron chi connectivity index (χ4n) is 6.77. The summed E-state index contributed by atoms with van der Waals surface area (Å²) >= 11 is 0. The minimum absolute atomic E-state index is 0.124. The Labute approximate surface area is 367 Å². The lowest BCUT2D eigenvalue weighted by Crippen LogP contribution is -2.24. The molecular formula is C52H62N2O8. The van der Waals surface area contributed by atoms with Gasteiger partial charge >= 0.3 is 18.2 Å². The number of esters is 1. The van der Waals surface area contributed by atoms with E-state index in [-0.39, 0.29) is 19.1 Å². The maximum atomic E-state index is 12.8. The van der Waals surface area contributed by atoms with Crippen LogP contribution in [-0.2, 0) is 9.47 Å². The van der Waals surface area contributed by atoms with Crippen LogP contribution in [0.3, 0.4) is 0 Å². The summed E-state index contributed by atoms with van der Waals surface area (Å²) in [5.74, 6) is 1.46. The van der Waals surface area contributed by atoms with Gasteiger partial charge in [-0.1, -0.05) is 132 Å². The van der Waals surface area contributed by atoms with Gasteiger partial charge in [-0.15, -0.1) is 0 Å². The minimum Gasteiger partial charge on any atom is -0.494 e. The molecule has 0 saturated carbocycles. The molecular weight excluding hydrogens is 781 g/mol. The Morgan fingerprint density at radius 1 is 0.468 bits per heavy atom. The lowest BCUT2D eigenvalue weighted by Gasteiger charge is -2.18. The molecule has 0 aromatic heterocycles. The van der Waals surface area contributed by atoms with Gasteiger partial charge in [0.05, 0.1) is 32.0 Å². The normalized spacial score (nSPS) is 10.8. The van der Waals surface area contributed by atoms with Crippen molar-refractivity contribution in [3.63, 3.8) is 0 Å². The van der Waals surface area contributed by atoms with Gasteiger partial charge in [0, 0.05) is 17.3 Å². The molecule has 0 unspecified atom stereocenters. The zero-order valence-electron chi connectivity index (χ0n) is 36.1. The van der Waals surface area contributed by atoms with Crippen molar-refractivity contribution in [2.24, 2.45) is 5.92 Å². The first-order valence-corrected chi connectivity index (χ1v) is 22.2. The van der Waals surface area contributed by atoms with E-state index in [2.05, 4.69) is 17.6 Å². The molecule has 62 heavy (non-hydrogen) atoms. The number of anilines is 2. The highest BCUT2D eigenvalue weighted by Crippen LogP contribution is 2.26. The molecule has 0 atom stereocenters. The first-order chi connectivity index (χ1) is 30.4. The SMILES string of the molecule is CCCCCCCCCCOc1ccc(C(=O)Oc2ccc(-c3ccc(OCCCCCCC(COC(=O)Nc4ccccc4)COC(=O)Nc4ccccc4)cc3)cc2)cc1. The summed E-state index contributed by atoms with van der Waals surface area (Å²) in [6.45, 7) is 3.76. The van der Waals surface area contributed by atoms with E-state index in [0.29, 0.717) is 35.9 Å². The molecule has 5 aromatic rings. The second-order valence-electron chi connectivity index (χ2n) is 15.4. The Balaban J connectivity index is 0.961. The van der Waals surface area contributed by atoms with Gasteiger partial charge in [-0.2, -0.15) is 0 Å². The number of rotatable bonds is 27. The monoisotopic (exact) mass is 842 g/mol. The predicted molar refractivity (Wildman–Crippen MR) is 246 cm³/mol. The lowest BCUT2D eigenvalue weighted by molar-refractivity contribution is 0.0734. The molecule has 10 nitrogen and oxygen atoms in total.